The van der Waals surface area contributed by atoms with Gasteiger partial charge in [-0.3, -0.25) is 4.68 Å². The van der Waals surface area contributed by atoms with Crippen LogP contribution in [0.4, 0.5) is 5.69 Å². The smallest absolute Gasteiger partial charge is 0.161 e. The number of nitrogens with two attached hydrogens (primary N) is 1. The molecule has 3 N–H and O–H groups in total. The van der Waals surface area contributed by atoms with Crippen LogP contribution < -0.4 is 10.5 Å². The molecule has 2 heterocycles. The number of rotatable bonds is 5. The number of anilines is 1. The van der Waals surface area contributed by atoms with E-state index in [1.54, 1.807) is 12.1 Å². The summed E-state index contributed by atoms with van der Waals surface area (Å²) < 4.78 is 8.02. The Labute approximate surface area is 146 Å². The molecule has 0 aliphatic carbocycles. The number of nitrogen functional groups attached to an aromatic ring is 1. The number of ether oxygens (including phenoxy) is 1. The molecule has 25 heavy (non-hydrogen) atoms. The van der Waals surface area contributed by atoms with Crippen molar-refractivity contribution in [2.24, 2.45) is 0 Å². The monoisotopic (exact) mass is 338 g/mol. The number of likely N-dealkylation sites (N-methyl/N-ethyl adjacent to an activating group) is 1. The van der Waals surface area contributed by atoms with E-state index in [0.717, 1.165) is 48.3 Å². The predicted molar refractivity (Wildman–Crippen MR) is 99.1 cm³/mol. The molecule has 0 saturated heterocycles. The zero-order valence-corrected chi connectivity index (χ0v) is 14.5. The third-order valence-electron chi connectivity index (χ3n) is 4.86. The Morgan fingerprint density at radius 3 is 2.76 bits per heavy atom. The topological polar surface area (TPSA) is 76.5 Å². The molecule has 0 radical (unpaired) electrons. The molecule has 2 aromatic carbocycles. The van der Waals surface area contributed by atoms with Crippen LogP contribution in [-0.4, -0.2) is 39.4 Å². The Kier molecular flexibility index (Phi) is 3.77. The third-order valence-corrected chi connectivity index (χ3v) is 4.86. The van der Waals surface area contributed by atoms with E-state index >= 15 is 0 Å². The van der Waals surface area contributed by atoms with Gasteiger partial charge in [0.25, 0.3) is 0 Å². The predicted octanol–water partition coefficient (Wildman–Crippen LogP) is 3.44. The minimum atomic E-state index is 0.161. The van der Waals surface area contributed by atoms with E-state index in [-0.39, 0.29) is 5.75 Å². The van der Waals surface area contributed by atoms with E-state index < -0.39 is 0 Å². The summed E-state index contributed by atoms with van der Waals surface area (Å²) in [5.41, 5.74) is 9.47. The average Bonchev–Trinajstić information content (AvgIpc) is 2.98. The Bertz CT molecular complexity index is 944. The number of benzene rings is 2. The van der Waals surface area contributed by atoms with E-state index in [4.69, 9.17) is 15.6 Å². The third kappa shape index (κ3) is 2.49. The van der Waals surface area contributed by atoms with Crippen LogP contribution in [-0.2, 0) is 6.54 Å². The molecule has 0 fully saturated rings. The highest BCUT2D eigenvalue weighted by Gasteiger charge is 2.26. The summed E-state index contributed by atoms with van der Waals surface area (Å²) in [4.78, 5) is 2.37. The number of hydrogen-bond acceptors (Lipinski definition) is 5. The summed E-state index contributed by atoms with van der Waals surface area (Å²) in [7, 11) is 0. The van der Waals surface area contributed by atoms with E-state index in [1.165, 1.54) is 0 Å². The molecular formula is C19H22N4O2. The summed E-state index contributed by atoms with van der Waals surface area (Å²) in [6.45, 7) is 8.11. The van der Waals surface area contributed by atoms with Crippen LogP contribution in [0.15, 0.2) is 30.3 Å². The van der Waals surface area contributed by atoms with Crippen molar-refractivity contribution >= 4 is 16.6 Å². The van der Waals surface area contributed by atoms with Crippen LogP contribution in [0.25, 0.3) is 22.2 Å². The van der Waals surface area contributed by atoms with Gasteiger partial charge in [-0.25, -0.2) is 0 Å². The fraction of sp³-hybridized carbons (Fsp3) is 0.316. The molecule has 0 amide bonds. The fourth-order valence-corrected chi connectivity index (χ4v) is 3.40. The van der Waals surface area contributed by atoms with Crippen molar-refractivity contribution in [3.8, 4) is 28.5 Å². The molecular weight excluding hydrogens is 316 g/mol. The van der Waals surface area contributed by atoms with Crippen LogP contribution in [0, 0.1) is 0 Å². The van der Waals surface area contributed by atoms with Crippen LogP contribution in [0.2, 0.25) is 0 Å². The average molecular weight is 338 g/mol. The summed E-state index contributed by atoms with van der Waals surface area (Å²) in [6, 6.07) is 8.95. The number of hydrogen-bond donors (Lipinski definition) is 2. The normalized spacial score (nSPS) is 12.4. The Hall–Kier alpha value is -2.73. The van der Waals surface area contributed by atoms with E-state index in [2.05, 4.69) is 18.7 Å². The van der Waals surface area contributed by atoms with Gasteiger partial charge in [-0.2, -0.15) is 5.10 Å². The number of nitrogens with zero attached hydrogens (tertiary/aromatic N) is 3. The highest BCUT2D eigenvalue weighted by atomic mass is 16.5. The van der Waals surface area contributed by atoms with E-state index in [9.17, 15) is 5.11 Å². The van der Waals surface area contributed by atoms with Crippen molar-refractivity contribution in [2.75, 3.05) is 25.4 Å². The second-order valence-corrected chi connectivity index (χ2v) is 6.26. The number of fused-ring (bicyclic) bond motifs is 2. The molecule has 0 atom stereocenters. The standard InChI is InChI=1S/C19H22N4O2/c1-3-22(4-2)9-10-23-15-8-7-14(20)19-17(15)18(21-23)13-6-5-12(24)11-16(13)25-19/h5-8,11,24H,3-4,9-10,20H2,1-2H3. The lowest BCUT2D eigenvalue weighted by Gasteiger charge is -2.18. The van der Waals surface area contributed by atoms with Crippen molar-refractivity contribution in [1.82, 2.24) is 14.7 Å². The Morgan fingerprint density at radius 1 is 1.20 bits per heavy atom. The second kappa shape index (κ2) is 5.97. The molecule has 0 unspecified atom stereocenters. The lowest BCUT2D eigenvalue weighted by molar-refractivity contribution is 0.287. The molecule has 1 aromatic heterocycles. The molecule has 1 aliphatic heterocycles. The quantitative estimate of drug-likeness (QED) is 0.545. The van der Waals surface area contributed by atoms with Gasteiger partial charge < -0.3 is 20.5 Å². The molecule has 1 aliphatic rings. The van der Waals surface area contributed by atoms with Crippen LogP contribution in [0.5, 0.6) is 17.2 Å². The van der Waals surface area contributed by atoms with Crippen molar-refractivity contribution in [2.45, 2.75) is 20.4 Å². The first-order chi connectivity index (χ1) is 12.1. The second-order valence-electron chi connectivity index (χ2n) is 6.26. The largest absolute Gasteiger partial charge is 0.508 e. The van der Waals surface area contributed by atoms with E-state index in [0.29, 0.717) is 17.2 Å². The number of phenolic OH excluding ortho intramolecular Hbond substituents is 1. The Balaban J connectivity index is 1.85. The number of phenols is 1. The highest BCUT2D eigenvalue weighted by Crippen LogP contribution is 2.49. The first kappa shape index (κ1) is 15.8. The van der Waals surface area contributed by atoms with E-state index in [1.807, 2.05) is 22.9 Å². The zero-order chi connectivity index (χ0) is 17.6. The molecule has 0 spiro atoms. The maximum absolute atomic E-state index is 9.76. The lowest BCUT2D eigenvalue weighted by Crippen LogP contribution is -2.27. The van der Waals surface area contributed by atoms with Crippen LogP contribution in [0.1, 0.15) is 13.8 Å². The summed E-state index contributed by atoms with van der Waals surface area (Å²) in [5.74, 6) is 1.37. The number of aromatic nitrogens is 2. The minimum Gasteiger partial charge on any atom is -0.508 e. The summed E-state index contributed by atoms with van der Waals surface area (Å²) >= 11 is 0. The lowest BCUT2D eigenvalue weighted by atomic mass is 10.0. The molecule has 4 rings (SSSR count). The molecule has 0 saturated carbocycles. The van der Waals surface area contributed by atoms with Gasteiger partial charge in [0.2, 0.25) is 0 Å². The minimum absolute atomic E-state index is 0.161. The Morgan fingerprint density at radius 2 is 2.00 bits per heavy atom. The van der Waals surface area contributed by atoms with Crippen LogP contribution >= 0.6 is 0 Å². The number of aromatic hydroxyl groups is 1. The first-order valence-electron chi connectivity index (χ1n) is 8.65. The zero-order valence-electron chi connectivity index (χ0n) is 14.5. The van der Waals surface area contributed by atoms with Crippen molar-refractivity contribution in [3.05, 3.63) is 30.3 Å². The van der Waals surface area contributed by atoms with Gasteiger partial charge in [-0.05, 0) is 37.4 Å². The molecule has 130 valence electrons. The van der Waals surface area contributed by atoms with Crippen molar-refractivity contribution in [1.29, 1.82) is 0 Å². The summed E-state index contributed by atoms with van der Waals surface area (Å²) in [6.07, 6.45) is 0. The maximum Gasteiger partial charge on any atom is 0.161 e. The molecule has 6 heteroatoms. The van der Waals surface area contributed by atoms with Crippen molar-refractivity contribution in [3.63, 3.8) is 0 Å². The summed E-state index contributed by atoms with van der Waals surface area (Å²) in [5, 5.41) is 15.5. The van der Waals surface area contributed by atoms with Gasteiger partial charge in [-0.1, -0.05) is 13.8 Å². The van der Waals surface area contributed by atoms with Crippen LogP contribution in [0.3, 0.4) is 0 Å². The van der Waals surface area contributed by atoms with Gasteiger partial charge in [0.1, 0.15) is 17.2 Å². The molecule has 6 nitrogen and oxygen atoms in total. The van der Waals surface area contributed by atoms with Gasteiger partial charge in [0, 0.05) is 18.2 Å². The SMILES string of the molecule is CCN(CC)CCn1nc2c3c(c(N)ccc31)Oc1cc(O)ccc1-2. The molecule has 0 bridgehead atoms. The fourth-order valence-electron chi connectivity index (χ4n) is 3.40. The molecule has 3 aromatic rings. The van der Waals surface area contributed by atoms with Gasteiger partial charge >= 0.3 is 0 Å². The van der Waals surface area contributed by atoms with Crippen molar-refractivity contribution < 1.29 is 9.84 Å². The maximum atomic E-state index is 9.76. The van der Waals surface area contributed by atoms with Gasteiger partial charge in [-0.15, -0.1) is 0 Å². The van der Waals surface area contributed by atoms with Gasteiger partial charge in [0.05, 0.1) is 23.1 Å². The highest BCUT2D eigenvalue weighted by molar-refractivity contribution is 6.04. The first-order valence-corrected chi connectivity index (χ1v) is 8.65. The van der Waals surface area contributed by atoms with Gasteiger partial charge in [0.15, 0.2) is 5.75 Å².